The Kier molecular flexibility index (Phi) is 5.80. The number of piperazine rings is 1. The first kappa shape index (κ1) is 23.0. The number of fused-ring (bicyclic) bond motifs is 2. The van der Waals surface area contributed by atoms with Crippen LogP contribution in [0.1, 0.15) is 41.0 Å². The lowest BCUT2D eigenvalue weighted by atomic mass is 9.98. The number of amides is 2. The molecule has 2 aliphatic rings. The average Bonchev–Trinajstić information content (AvgIpc) is 3.33. The number of aromatic amines is 1. The number of benzene rings is 2. The summed E-state index contributed by atoms with van der Waals surface area (Å²) in [6.07, 6.45) is 1.20. The van der Waals surface area contributed by atoms with Crippen molar-refractivity contribution in [2.45, 2.75) is 32.2 Å². The predicted octanol–water partition coefficient (Wildman–Crippen LogP) is 1.47. The van der Waals surface area contributed by atoms with E-state index in [1.54, 1.807) is 29.7 Å². The van der Waals surface area contributed by atoms with Crippen molar-refractivity contribution in [3.63, 3.8) is 0 Å². The van der Waals surface area contributed by atoms with Gasteiger partial charge in [0, 0.05) is 44.4 Å². The first-order valence-electron chi connectivity index (χ1n) is 11.8. The Morgan fingerprint density at radius 3 is 2.49 bits per heavy atom. The molecule has 1 fully saturated rings. The normalized spacial score (nSPS) is 15.7. The molecule has 0 bridgehead atoms. The van der Waals surface area contributed by atoms with Gasteiger partial charge in [0.1, 0.15) is 5.75 Å². The van der Waals surface area contributed by atoms with Gasteiger partial charge in [-0.15, -0.1) is 0 Å². The second-order valence-corrected chi connectivity index (χ2v) is 9.76. The third kappa shape index (κ3) is 4.39. The van der Waals surface area contributed by atoms with Crippen molar-refractivity contribution < 1.29 is 14.3 Å². The van der Waals surface area contributed by atoms with E-state index in [4.69, 9.17) is 10.5 Å². The molecule has 2 aromatic carbocycles. The molecule has 0 atom stereocenters. The van der Waals surface area contributed by atoms with E-state index in [-0.39, 0.29) is 17.4 Å². The number of H-pyrrole nitrogens is 1. The summed E-state index contributed by atoms with van der Waals surface area (Å²) < 4.78 is 5.85. The Hall–Kier alpha value is -3.72. The number of hydrogen-bond donors (Lipinski definition) is 2. The van der Waals surface area contributed by atoms with Gasteiger partial charge in [-0.3, -0.25) is 14.4 Å². The standard InChI is InChI=1S/C26H29N5O4/c1-26(2,27)25(34)31-10-8-30(9-11-31)24(33)20-14-16(13-17-7-12-35-22(17)20)15-21-18-5-3-4-6-19(18)23(32)29-28-21/h3-6,13-14H,7-12,15,27H2,1-2H3,(H,29,32). The van der Waals surface area contributed by atoms with E-state index in [9.17, 15) is 14.4 Å². The van der Waals surface area contributed by atoms with E-state index < -0.39 is 5.54 Å². The van der Waals surface area contributed by atoms with Crippen molar-refractivity contribution >= 4 is 22.6 Å². The summed E-state index contributed by atoms with van der Waals surface area (Å²) in [7, 11) is 0. The largest absolute Gasteiger partial charge is 0.492 e. The number of ether oxygens (including phenoxy) is 1. The number of rotatable bonds is 4. The molecule has 0 unspecified atom stereocenters. The third-order valence-corrected chi connectivity index (χ3v) is 6.63. The molecular formula is C26H29N5O4. The van der Waals surface area contributed by atoms with Crippen molar-refractivity contribution in [2.24, 2.45) is 5.73 Å². The highest BCUT2D eigenvalue weighted by Crippen LogP contribution is 2.33. The fourth-order valence-corrected chi connectivity index (χ4v) is 4.83. The lowest BCUT2D eigenvalue weighted by Gasteiger charge is -2.37. The highest BCUT2D eigenvalue weighted by molar-refractivity contribution is 5.98. The summed E-state index contributed by atoms with van der Waals surface area (Å²) in [4.78, 5) is 41.7. The van der Waals surface area contributed by atoms with Crippen LogP contribution in [0.4, 0.5) is 0 Å². The van der Waals surface area contributed by atoms with Crippen LogP contribution in [-0.4, -0.2) is 70.1 Å². The lowest BCUT2D eigenvalue weighted by Crippen LogP contribution is -2.57. The Labute approximate surface area is 202 Å². The molecule has 3 heterocycles. The van der Waals surface area contributed by atoms with Gasteiger partial charge in [0.2, 0.25) is 5.91 Å². The van der Waals surface area contributed by atoms with Gasteiger partial charge in [-0.25, -0.2) is 5.10 Å². The Morgan fingerprint density at radius 1 is 1.09 bits per heavy atom. The average molecular weight is 476 g/mol. The van der Waals surface area contributed by atoms with E-state index in [2.05, 4.69) is 16.3 Å². The number of aromatic nitrogens is 2. The van der Waals surface area contributed by atoms with Crippen LogP contribution in [0.15, 0.2) is 41.2 Å². The van der Waals surface area contributed by atoms with Crippen molar-refractivity contribution in [1.82, 2.24) is 20.0 Å². The van der Waals surface area contributed by atoms with Gasteiger partial charge in [-0.05, 0) is 37.1 Å². The fraction of sp³-hybridized carbons (Fsp3) is 0.385. The second kappa shape index (κ2) is 8.81. The van der Waals surface area contributed by atoms with Gasteiger partial charge in [-0.2, -0.15) is 5.10 Å². The molecule has 5 rings (SSSR count). The molecule has 0 saturated carbocycles. The lowest BCUT2D eigenvalue weighted by molar-refractivity contribution is -0.137. The molecule has 0 aliphatic carbocycles. The number of carbonyl (C=O) groups excluding carboxylic acids is 2. The summed E-state index contributed by atoms with van der Waals surface area (Å²) in [6.45, 7) is 5.69. The summed E-state index contributed by atoms with van der Waals surface area (Å²) in [5, 5.41) is 8.26. The van der Waals surface area contributed by atoms with Gasteiger partial charge >= 0.3 is 0 Å². The fourth-order valence-electron chi connectivity index (χ4n) is 4.83. The topological polar surface area (TPSA) is 122 Å². The van der Waals surface area contributed by atoms with Crippen LogP contribution in [0.5, 0.6) is 5.75 Å². The SMILES string of the molecule is CC(C)(N)C(=O)N1CCN(C(=O)c2cc(Cc3n[nH]c(=O)c4ccccc34)cc3c2OCC3)CC1. The van der Waals surface area contributed by atoms with E-state index in [1.165, 1.54) is 0 Å². The van der Waals surface area contributed by atoms with Crippen LogP contribution in [0, 0.1) is 0 Å². The van der Waals surface area contributed by atoms with Crippen LogP contribution < -0.4 is 16.0 Å². The Morgan fingerprint density at radius 2 is 1.77 bits per heavy atom. The van der Waals surface area contributed by atoms with Crippen molar-refractivity contribution in [1.29, 1.82) is 0 Å². The summed E-state index contributed by atoms with van der Waals surface area (Å²) >= 11 is 0. The Balaban J connectivity index is 1.41. The quantitative estimate of drug-likeness (QED) is 0.589. The minimum absolute atomic E-state index is 0.108. The van der Waals surface area contributed by atoms with E-state index in [0.717, 1.165) is 28.6 Å². The minimum atomic E-state index is -0.935. The number of nitrogens with two attached hydrogens (primary N) is 1. The summed E-state index contributed by atoms with van der Waals surface area (Å²) in [6, 6.07) is 11.3. The zero-order chi connectivity index (χ0) is 24.7. The molecule has 1 aromatic heterocycles. The summed E-state index contributed by atoms with van der Waals surface area (Å²) in [5.74, 6) is 0.416. The van der Waals surface area contributed by atoms with Crippen LogP contribution in [0.2, 0.25) is 0 Å². The van der Waals surface area contributed by atoms with E-state index in [1.807, 2.05) is 24.3 Å². The van der Waals surface area contributed by atoms with Gasteiger partial charge in [0.25, 0.3) is 11.5 Å². The van der Waals surface area contributed by atoms with Crippen LogP contribution in [0.25, 0.3) is 10.8 Å². The zero-order valence-electron chi connectivity index (χ0n) is 20.0. The molecule has 2 amide bonds. The monoisotopic (exact) mass is 475 g/mol. The van der Waals surface area contributed by atoms with Gasteiger partial charge < -0.3 is 20.3 Å². The van der Waals surface area contributed by atoms with Gasteiger partial charge in [0.15, 0.2) is 0 Å². The predicted molar refractivity (Wildman–Crippen MR) is 132 cm³/mol. The first-order chi connectivity index (χ1) is 16.7. The number of nitrogens with zero attached hydrogens (tertiary/aromatic N) is 3. The van der Waals surface area contributed by atoms with Gasteiger partial charge in [-0.1, -0.05) is 24.3 Å². The van der Waals surface area contributed by atoms with Gasteiger partial charge in [0.05, 0.1) is 28.8 Å². The van der Waals surface area contributed by atoms with E-state index in [0.29, 0.717) is 55.9 Å². The van der Waals surface area contributed by atoms with Crippen LogP contribution in [-0.2, 0) is 17.6 Å². The number of hydrogen-bond acceptors (Lipinski definition) is 6. The molecule has 1 saturated heterocycles. The van der Waals surface area contributed by atoms with Crippen LogP contribution in [0.3, 0.4) is 0 Å². The minimum Gasteiger partial charge on any atom is -0.492 e. The first-order valence-corrected chi connectivity index (χ1v) is 11.8. The number of nitrogens with one attached hydrogen (secondary N) is 1. The summed E-state index contributed by atoms with van der Waals surface area (Å²) in [5.41, 5.74) is 8.01. The van der Waals surface area contributed by atoms with Crippen LogP contribution >= 0.6 is 0 Å². The third-order valence-electron chi connectivity index (χ3n) is 6.63. The zero-order valence-corrected chi connectivity index (χ0v) is 20.0. The highest BCUT2D eigenvalue weighted by Gasteiger charge is 2.33. The molecule has 0 spiro atoms. The molecule has 2 aliphatic heterocycles. The maximum Gasteiger partial charge on any atom is 0.272 e. The maximum absolute atomic E-state index is 13.5. The van der Waals surface area contributed by atoms with E-state index >= 15 is 0 Å². The highest BCUT2D eigenvalue weighted by atomic mass is 16.5. The molecule has 9 heteroatoms. The smallest absolute Gasteiger partial charge is 0.272 e. The van der Waals surface area contributed by atoms with Crippen molar-refractivity contribution in [3.8, 4) is 5.75 Å². The molecule has 35 heavy (non-hydrogen) atoms. The Bertz CT molecular complexity index is 1370. The molecule has 182 valence electrons. The second-order valence-electron chi connectivity index (χ2n) is 9.76. The number of carbonyl (C=O) groups is 2. The van der Waals surface area contributed by atoms with Crippen molar-refractivity contribution in [2.75, 3.05) is 32.8 Å². The molecule has 9 nitrogen and oxygen atoms in total. The molecule has 3 N–H and O–H groups in total. The molecule has 0 radical (unpaired) electrons. The van der Waals surface area contributed by atoms with Crippen molar-refractivity contribution in [3.05, 3.63) is 69.1 Å². The maximum atomic E-state index is 13.5. The molecular weight excluding hydrogens is 446 g/mol. The molecule has 3 aromatic rings.